The van der Waals surface area contributed by atoms with Crippen molar-refractivity contribution in [3.63, 3.8) is 0 Å². The Balaban J connectivity index is 1.49. The molecule has 1 aromatic carbocycles. The molecule has 2 nitrogen and oxygen atoms in total. The van der Waals surface area contributed by atoms with Gasteiger partial charge in [-0.25, -0.2) is 0 Å². The molecule has 3 N–H and O–H groups in total. The Bertz CT molecular complexity index is 354. The molecule has 2 atom stereocenters. The van der Waals surface area contributed by atoms with Crippen LogP contribution in [-0.4, -0.2) is 18.1 Å². The van der Waals surface area contributed by atoms with Gasteiger partial charge in [-0.05, 0) is 37.7 Å². The van der Waals surface area contributed by atoms with Crippen LogP contribution in [0, 0.1) is 0 Å². The molecule has 0 spiro atoms. The van der Waals surface area contributed by atoms with Gasteiger partial charge < -0.3 is 11.1 Å². The van der Waals surface area contributed by atoms with Crippen molar-refractivity contribution in [3.8, 4) is 0 Å². The van der Waals surface area contributed by atoms with Crippen LogP contribution >= 0.6 is 0 Å². The molecule has 2 heteroatoms. The quantitative estimate of drug-likeness (QED) is 0.837. The lowest BCUT2D eigenvalue weighted by Crippen LogP contribution is -2.38. The van der Waals surface area contributed by atoms with Crippen LogP contribution < -0.4 is 11.1 Å². The highest BCUT2D eigenvalue weighted by Gasteiger charge is 2.39. The topological polar surface area (TPSA) is 38.0 Å². The molecule has 0 aliphatic heterocycles. The Morgan fingerprint density at radius 3 is 2.41 bits per heavy atom. The molecule has 0 heterocycles. The van der Waals surface area contributed by atoms with E-state index in [4.69, 9.17) is 5.73 Å². The zero-order valence-corrected chi connectivity index (χ0v) is 10.3. The molecular weight excluding hydrogens is 208 g/mol. The first-order valence-electron chi connectivity index (χ1n) is 6.89. The van der Waals surface area contributed by atoms with Gasteiger partial charge in [0.05, 0.1) is 0 Å². The first-order valence-corrected chi connectivity index (χ1v) is 6.89. The Kier molecular flexibility index (Phi) is 3.17. The maximum absolute atomic E-state index is 5.93. The van der Waals surface area contributed by atoms with E-state index in [0.717, 1.165) is 12.0 Å². The molecule has 2 saturated carbocycles. The third kappa shape index (κ3) is 2.70. The van der Waals surface area contributed by atoms with Gasteiger partial charge in [-0.3, -0.25) is 0 Å². The van der Waals surface area contributed by atoms with Crippen molar-refractivity contribution in [2.24, 2.45) is 5.73 Å². The number of hydrogen-bond acceptors (Lipinski definition) is 2. The molecule has 0 aromatic heterocycles. The molecule has 2 fully saturated rings. The molecule has 0 bridgehead atoms. The Morgan fingerprint density at radius 1 is 1.00 bits per heavy atom. The van der Waals surface area contributed by atoms with Crippen LogP contribution in [-0.2, 0) is 0 Å². The molecule has 3 rings (SSSR count). The van der Waals surface area contributed by atoms with Gasteiger partial charge in [0.1, 0.15) is 0 Å². The number of benzene rings is 1. The molecule has 2 aliphatic carbocycles. The molecule has 17 heavy (non-hydrogen) atoms. The van der Waals surface area contributed by atoms with E-state index < -0.39 is 0 Å². The zero-order chi connectivity index (χ0) is 11.7. The van der Waals surface area contributed by atoms with Crippen LogP contribution in [0.15, 0.2) is 30.3 Å². The van der Waals surface area contributed by atoms with Crippen molar-refractivity contribution in [1.82, 2.24) is 5.32 Å². The fraction of sp³-hybridized carbons (Fsp3) is 0.600. The fourth-order valence-electron chi connectivity index (χ4n) is 3.04. The van der Waals surface area contributed by atoms with Crippen LogP contribution in [0.5, 0.6) is 0 Å². The predicted molar refractivity (Wildman–Crippen MR) is 71.0 cm³/mol. The van der Waals surface area contributed by atoms with Crippen molar-refractivity contribution < 1.29 is 0 Å². The van der Waals surface area contributed by atoms with E-state index in [1.54, 1.807) is 0 Å². The molecule has 0 amide bonds. The average Bonchev–Trinajstić information content (AvgIpc) is 3.13. The van der Waals surface area contributed by atoms with Crippen LogP contribution in [0.2, 0.25) is 0 Å². The minimum absolute atomic E-state index is 0.456. The third-order valence-electron chi connectivity index (χ3n) is 4.24. The highest BCUT2D eigenvalue weighted by molar-refractivity contribution is 5.27. The largest absolute Gasteiger partial charge is 0.328 e. The number of rotatable bonds is 3. The maximum Gasteiger partial charge on any atom is 0.0145 e. The van der Waals surface area contributed by atoms with E-state index in [-0.39, 0.29) is 0 Å². The minimum Gasteiger partial charge on any atom is -0.328 e. The average molecular weight is 230 g/mol. The van der Waals surface area contributed by atoms with Crippen LogP contribution in [0.4, 0.5) is 0 Å². The van der Waals surface area contributed by atoms with E-state index >= 15 is 0 Å². The van der Waals surface area contributed by atoms with Gasteiger partial charge in [0, 0.05) is 24.0 Å². The second kappa shape index (κ2) is 4.79. The maximum atomic E-state index is 5.93. The monoisotopic (exact) mass is 230 g/mol. The first-order chi connectivity index (χ1) is 8.33. The van der Waals surface area contributed by atoms with Gasteiger partial charge in [-0.2, -0.15) is 0 Å². The molecule has 0 saturated heterocycles. The summed E-state index contributed by atoms with van der Waals surface area (Å²) in [5.41, 5.74) is 7.43. The van der Waals surface area contributed by atoms with Gasteiger partial charge in [-0.1, -0.05) is 30.3 Å². The Hall–Kier alpha value is -0.860. The smallest absolute Gasteiger partial charge is 0.0145 e. The predicted octanol–water partition coefficient (Wildman–Crippen LogP) is 2.40. The van der Waals surface area contributed by atoms with E-state index in [1.807, 2.05) is 0 Å². The lowest BCUT2D eigenvalue weighted by atomic mass is 9.92. The number of hydrogen-bond donors (Lipinski definition) is 2. The van der Waals surface area contributed by atoms with E-state index in [1.165, 1.54) is 37.7 Å². The highest BCUT2D eigenvalue weighted by Crippen LogP contribution is 2.41. The van der Waals surface area contributed by atoms with Crippen molar-refractivity contribution >= 4 is 0 Å². The number of nitrogens with two attached hydrogens (primary N) is 1. The zero-order valence-electron chi connectivity index (χ0n) is 10.3. The van der Waals surface area contributed by atoms with Crippen molar-refractivity contribution in [1.29, 1.82) is 0 Å². The minimum atomic E-state index is 0.456. The van der Waals surface area contributed by atoms with Crippen LogP contribution in [0.1, 0.15) is 43.6 Å². The number of nitrogens with one attached hydrogen (secondary N) is 1. The molecule has 92 valence electrons. The van der Waals surface area contributed by atoms with Crippen molar-refractivity contribution in [2.75, 3.05) is 0 Å². The standard InChI is InChI=1S/C15H22N2/c16-12-6-8-13(9-7-12)17-15-10-14(15)11-4-2-1-3-5-11/h1-5,12-15,17H,6-10,16H2/t12-,13-,14?,15?. The molecule has 1 aromatic rings. The van der Waals surface area contributed by atoms with Gasteiger partial charge in [-0.15, -0.1) is 0 Å². The normalized spacial score (nSPS) is 36.8. The summed E-state index contributed by atoms with van der Waals surface area (Å²) in [6.45, 7) is 0. The summed E-state index contributed by atoms with van der Waals surface area (Å²) >= 11 is 0. The summed E-state index contributed by atoms with van der Waals surface area (Å²) < 4.78 is 0. The SMILES string of the molecule is N[C@H]1CC[C@H](NC2CC2c2ccccc2)CC1. The lowest BCUT2D eigenvalue weighted by Gasteiger charge is -2.27. The van der Waals surface area contributed by atoms with Crippen LogP contribution in [0.3, 0.4) is 0 Å². The van der Waals surface area contributed by atoms with Gasteiger partial charge in [0.15, 0.2) is 0 Å². The lowest BCUT2D eigenvalue weighted by molar-refractivity contribution is 0.339. The summed E-state index contributed by atoms with van der Waals surface area (Å²) in [5.74, 6) is 0.756. The summed E-state index contributed by atoms with van der Waals surface area (Å²) in [5, 5.41) is 3.81. The molecule has 2 aliphatic rings. The van der Waals surface area contributed by atoms with E-state index in [9.17, 15) is 0 Å². The summed E-state index contributed by atoms with van der Waals surface area (Å²) in [4.78, 5) is 0. The third-order valence-corrected chi connectivity index (χ3v) is 4.24. The molecule has 2 unspecified atom stereocenters. The summed E-state index contributed by atoms with van der Waals surface area (Å²) in [7, 11) is 0. The Morgan fingerprint density at radius 2 is 1.71 bits per heavy atom. The van der Waals surface area contributed by atoms with Crippen molar-refractivity contribution in [3.05, 3.63) is 35.9 Å². The second-order valence-electron chi connectivity index (χ2n) is 5.64. The van der Waals surface area contributed by atoms with E-state index in [0.29, 0.717) is 12.1 Å². The van der Waals surface area contributed by atoms with Crippen LogP contribution in [0.25, 0.3) is 0 Å². The second-order valence-corrected chi connectivity index (χ2v) is 5.64. The fourth-order valence-corrected chi connectivity index (χ4v) is 3.04. The summed E-state index contributed by atoms with van der Waals surface area (Å²) in [6, 6.07) is 12.8. The molecule has 0 radical (unpaired) electrons. The van der Waals surface area contributed by atoms with Crippen molar-refractivity contribution in [2.45, 2.75) is 56.1 Å². The first kappa shape index (κ1) is 11.2. The van der Waals surface area contributed by atoms with Gasteiger partial charge in [0.25, 0.3) is 0 Å². The highest BCUT2D eigenvalue weighted by atomic mass is 15.0. The molecular formula is C15H22N2. The Labute approximate surface area is 104 Å². The van der Waals surface area contributed by atoms with E-state index in [2.05, 4.69) is 35.6 Å². The van der Waals surface area contributed by atoms with Gasteiger partial charge in [0.2, 0.25) is 0 Å². The summed E-state index contributed by atoms with van der Waals surface area (Å²) in [6.07, 6.45) is 6.23. The van der Waals surface area contributed by atoms with Gasteiger partial charge >= 0.3 is 0 Å².